The van der Waals surface area contributed by atoms with Crippen LogP contribution >= 0.6 is 11.8 Å². The van der Waals surface area contributed by atoms with Gasteiger partial charge in [0.1, 0.15) is 0 Å². The number of nitro groups is 1. The minimum Gasteiger partial charge on any atom is -0.356 e. The van der Waals surface area contributed by atoms with Crippen molar-refractivity contribution in [3.05, 3.63) is 52.7 Å². The van der Waals surface area contributed by atoms with Crippen molar-refractivity contribution in [1.82, 2.24) is 4.98 Å². The molecule has 0 spiro atoms. The Bertz CT molecular complexity index is 468. The number of nitrogens with zero attached hydrogens (tertiary/aromatic N) is 1. The number of hydrogen-bond acceptors (Lipinski definition) is 3. The van der Waals surface area contributed by atoms with Crippen molar-refractivity contribution in [3.8, 4) is 0 Å². The van der Waals surface area contributed by atoms with Crippen molar-refractivity contribution in [3.63, 3.8) is 0 Å². The van der Waals surface area contributed by atoms with E-state index in [2.05, 4.69) is 4.98 Å². The lowest BCUT2D eigenvalue weighted by Crippen LogP contribution is -1.89. The molecule has 0 unspecified atom stereocenters. The van der Waals surface area contributed by atoms with Crippen LogP contribution in [0, 0.1) is 10.1 Å². The predicted octanol–water partition coefficient (Wildman–Crippen LogP) is 3.07. The van der Waals surface area contributed by atoms with E-state index in [0.29, 0.717) is 4.90 Å². The average molecular weight is 220 g/mol. The summed E-state index contributed by atoms with van der Waals surface area (Å²) in [6.45, 7) is 0. The van der Waals surface area contributed by atoms with Crippen molar-refractivity contribution in [2.75, 3.05) is 0 Å². The monoisotopic (exact) mass is 220 g/mol. The molecule has 2 aromatic rings. The van der Waals surface area contributed by atoms with E-state index < -0.39 is 0 Å². The van der Waals surface area contributed by atoms with Crippen molar-refractivity contribution >= 4 is 17.4 Å². The summed E-state index contributed by atoms with van der Waals surface area (Å²) in [4.78, 5) is 14.0. The second-order valence-corrected chi connectivity index (χ2v) is 3.95. The summed E-state index contributed by atoms with van der Waals surface area (Å²) in [5, 5.41) is 11.6. The van der Waals surface area contributed by atoms with Crippen molar-refractivity contribution < 1.29 is 4.92 Å². The molecule has 5 heteroatoms. The minimum absolute atomic E-state index is 0.136. The van der Waals surface area contributed by atoms with Gasteiger partial charge < -0.3 is 4.98 Å². The van der Waals surface area contributed by atoms with Gasteiger partial charge in [0, 0.05) is 12.3 Å². The summed E-state index contributed by atoms with van der Waals surface area (Å²) >= 11 is 1.35. The van der Waals surface area contributed by atoms with E-state index >= 15 is 0 Å². The molecular formula is C10H8N2O2S. The third kappa shape index (κ3) is 2.19. The Balaban J connectivity index is 2.32. The number of benzene rings is 1. The molecular weight excluding hydrogens is 212 g/mol. The van der Waals surface area contributed by atoms with Crippen LogP contribution in [0.2, 0.25) is 0 Å². The maximum atomic E-state index is 10.7. The van der Waals surface area contributed by atoms with Crippen molar-refractivity contribution in [1.29, 1.82) is 0 Å². The van der Waals surface area contributed by atoms with E-state index in [1.54, 1.807) is 24.4 Å². The van der Waals surface area contributed by atoms with Crippen LogP contribution < -0.4 is 0 Å². The normalized spacial score (nSPS) is 10.1. The molecule has 1 aromatic carbocycles. The van der Waals surface area contributed by atoms with Gasteiger partial charge in [-0.2, -0.15) is 0 Å². The van der Waals surface area contributed by atoms with Crippen LogP contribution in [0.25, 0.3) is 0 Å². The summed E-state index contributed by atoms with van der Waals surface area (Å²) in [6.07, 6.45) is 1.79. The van der Waals surface area contributed by atoms with Crippen LogP contribution in [0.3, 0.4) is 0 Å². The average Bonchev–Trinajstić information content (AvgIpc) is 2.71. The number of H-pyrrole nitrogens is 1. The lowest BCUT2D eigenvalue weighted by molar-refractivity contribution is -0.387. The fourth-order valence-corrected chi connectivity index (χ4v) is 2.09. The van der Waals surface area contributed by atoms with Crippen LogP contribution in [0.15, 0.2) is 52.5 Å². The Morgan fingerprint density at radius 2 is 2.00 bits per heavy atom. The molecule has 0 fully saturated rings. The molecule has 1 heterocycles. The molecule has 0 aliphatic carbocycles. The summed E-state index contributed by atoms with van der Waals surface area (Å²) in [7, 11) is 0. The Kier molecular flexibility index (Phi) is 2.73. The fraction of sp³-hybridized carbons (Fsp3) is 0. The van der Waals surface area contributed by atoms with Gasteiger partial charge in [0.15, 0.2) is 0 Å². The molecule has 0 saturated heterocycles. The molecule has 1 aromatic heterocycles. The van der Waals surface area contributed by atoms with E-state index in [1.807, 2.05) is 12.1 Å². The number of aromatic amines is 1. The largest absolute Gasteiger partial charge is 0.356 e. The molecule has 0 radical (unpaired) electrons. The molecule has 0 bridgehead atoms. The van der Waals surface area contributed by atoms with Gasteiger partial charge >= 0.3 is 0 Å². The molecule has 2 rings (SSSR count). The van der Waals surface area contributed by atoms with Crippen LogP contribution in [0.5, 0.6) is 0 Å². The smallest absolute Gasteiger partial charge is 0.283 e. The summed E-state index contributed by atoms with van der Waals surface area (Å²) in [5.74, 6) is 0. The summed E-state index contributed by atoms with van der Waals surface area (Å²) < 4.78 is 0. The molecule has 15 heavy (non-hydrogen) atoms. The third-order valence-electron chi connectivity index (χ3n) is 1.85. The number of aromatic nitrogens is 1. The zero-order chi connectivity index (χ0) is 10.7. The number of nitrogens with one attached hydrogen (secondary N) is 1. The number of hydrogen-bond donors (Lipinski definition) is 1. The van der Waals surface area contributed by atoms with Gasteiger partial charge in [-0.05, 0) is 18.2 Å². The zero-order valence-electron chi connectivity index (χ0n) is 7.71. The third-order valence-corrected chi connectivity index (χ3v) is 2.89. The first-order chi connectivity index (χ1) is 7.27. The van der Waals surface area contributed by atoms with Gasteiger partial charge in [-0.15, -0.1) is 0 Å². The number of rotatable bonds is 3. The summed E-state index contributed by atoms with van der Waals surface area (Å²) in [5.41, 5.74) is 0.136. The Morgan fingerprint density at radius 3 is 2.67 bits per heavy atom. The molecule has 1 N–H and O–H groups in total. The lowest BCUT2D eigenvalue weighted by Gasteiger charge is -1.99. The SMILES string of the molecule is O=[N+]([O-])c1ccccc1Sc1ccc[nH]1. The lowest BCUT2D eigenvalue weighted by atomic mass is 10.3. The number of para-hydroxylation sites is 1. The van der Waals surface area contributed by atoms with E-state index in [1.165, 1.54) is 17.8 Å². The zero-order valence-corrected chi connectivity index (χ0v) is 8.53. The first-order valence-electron chi connectivity index (χ1n) is 4.32. The van der Waals surface area contributed by atoms with Crippen molar-refractivity contribution in [2.24, 2.45) is 0 Å². The molecule has 0 aliphatic rings. The van der Waals surface area contributed by atoms with Gasteiger partial charge in [-0.3, -0.25) is 10.1 Å². The van der Waals surface area contributed by atoms with Crippen LogP contribution in [0.4, 0.5) is 5.69 Å². The van der Waals surface area contributed by atoms with Crippen LogP contribution in [0.1, 0.15) is 0 Å². The van der Waals surface area contributed by atoms with Crippen molar-refractivity contribution in [2.45, 2.75) is 9.92 Å². The maximum Gasteiger partial charge on any atom is 0.283 e. The van der Waals surface area contributed by atoms with E-state index in [9.17, 15) is 10.1 Å². The molecule has 0 atom stereocenters. The molecule has 4 nitrogen and oxygen atoms in total. The molecule has 76 valence electrons. The highest BCUT2D eigenvalue weighted by Crippen LogP contribution is 2.33. The maximum absolute atomic E-state index is 10.7. The minimum atomic E-state index is -0.370. The highest BCUT2D eigenvalue weighted by atomic mass is 32.2. The Labute approximate surface area is 90.5 Å². The van der Waals surface area contributed by atoms with Gasteiger partial charge in [-0.1, -0.05) is 23.9 Å². The second kappa shape index (κ2) is 4.18. The predicted molar refractivity (Wildman–Crippen MR) is 58.0 cm³/mol. The van der Waals surface area contributed by atoms with Crippen LogP contribution in [-0.2, 0) is 0 Å². The van der Waals surface area contributed by atoms with E-state index in [4.69, 9.17) is 0 Å². The molecule has 0 amide bonds. The first kappa shape index (κ1) is 9.79. The van der Waals surface area contributed by atoms with Gasteiger partial charge in [0.2, 0.25) is 0 Å². The summed E-state index contributed by atoms with van der Waals surface area (Å²) in [6, 6.07) is 10.4. The first-order valence-corrected chi connectivity index (χ1v) is 5.13. The highest BCUT2D eigenvalue weighted by Gasteiger charge is 2.13. The second-order valence-electron chi connectivity index (χ2n) is 2.86. The highest BCUT2D eigenvalue weighted by molar-refractivity contribution is 7.99. The van der Waals surface area contributed by atoms with E-state index in [0.717, 1.165) is 5.03 Å². The standard InChI is InChI=1S/C10H8N2O2S/c13-12(14)8-4-1-2-5-9(8)15-10-6-3-7-11-10/h1-7,11H. The van der Waals surface area contributed by atoms with Gasteiger partial charge in [0.05, 0.1) is 14.8 Å². The van der Waals surface area contributed by atoms with E-state index in [-0.39, 0.29) is 10.6 Å². The van der Waals surface area contributed by atoms with Gasteiger partial charge in [0.25, 0.3) is 5.69 Å². The Morgan fingerprint density at radius 1 is 1.20 bits per heavy atom. The quantitative estimate of drug-likeness (QED) is 0.638. The molecule has 0 aliphatic heterocycles. The Hall–Kier alpha value is -1.75. The topological polar surface area (TPSA) is 58.9 Å². The number of nitro benzene ring substituents is 1. The van der Waals surface area contributed by atoms with Gasteiger partial charge in [-0.25, -0.2) is 0 Å². The molecule has 0 saturated carbocycles. The fourth-order valence-electron chi connectivity index (χ4n) is 1.19. The van der Waals surface area contributed by atoms with Crippen LogP contribution in [-0.4, -0.2) is 9.91 Å².